The lowest BCUT2D eigenvalue weighted by Crippen LogP contribution is -2.29. The first kappa shape index (κ1) is 9.33. The van der Waals surface area contributed by atoms with Gasteiger partial charge < -0.3 is 15.8 Å². The molecular weight excluding hydrogens is 180 g/mol. The fourth-order valence-corrected chi connectivity index (χ4v) is 1.98. The van der Waals surface area contributed by atoms with Gasteiger partial charge in [0, 0.05) is 7.11 Å². The second kappa shape index (κ2) is 3.88. The molecule has 0 aliphatic heterocycles. The van der Waals surface area contributed by atoms with Crippen LogP contribution in [0.3, 0.4) is 0 Å². The lowest BCUT2D eigenvalue weighted by atomic mass is 10.2. The van der Waals surface area contributed by atoms with Crippen LogP contribution in [0.25, 0.3) is 0 Å². The van der Waals surface area contributed by atoms with E-state index in [2.05, 4.69) is 15.5 Å². The molecule has 1 aliphatic carbocycles. The van der Waals surface area contributed by atoms with Crippen molar-refractivity contribution in [3.05, 3.63) is 6.20 Å². The van der Waals surface area contributed by atoms with Gasteiger partial charge in [-0.2, -0.15) is 5.10 Å². The molecular formula is C9H16N4O. The summed E-state index contributed by atoms with van der Waals surface area (Å²) in [6.45, 7) is 0. The fourth-order valence-electron chi connectivity index (χ4n) is 1.98. The zero-order valence-electron chi connectivity index (χ0n) is 8.29. The van der Waals surface area contributed by atoms with Gasteiger partial charge in [0.1, 0.15) is 5.82 Å². The predicted octanol–water partition coefficient (Wildman–Crippen LogP) is 0.971. The number of hydrogen-bond acceptors (Lipinski definition) is 4. The van der Waals surface area contributed by atoms with Gasteiger partial charge in [0.05, 0.1) is 24.0 Å². The van der Waals surface area contributed by atoms with Gasteiger partial charge in [0.2, 0.25) is 0 Å². The lowest BCUT2D eigenvalue weighted by Gasteiger charge is -2.19. The second-order valence-electron chi connectivity index (χ2n) is 3.65. The minimum absolute atomic E-state index is 0.296. The fraction of sp³-hybridized carbons (Fsp3) is 0.667. The third kappa shape index (κ3) is 1.68. The third-order valence-corrected chi connectivity index (χ3v) is 2.77. The van der Waals surface area contributed by atoms with Crippen molar-refractivity contribution in [2.24, 2.45) is 0 Å². The standard InChI is InChI=1S/C9H16N4O/c1-14-8-4-2-3-6(8)12-7-5-11-13-9(7)10/h5-6,8,12H,2-4H2,1H3,(H3,10,11,13). The summed E-state index contributed by atoms with van der Waals surface area (Å²) in [5.41, 5.74) is 6.56. The van der Waals surface area contributed by atoms with Crippen LogP contribution in [0.4, 0.5) is 11.5 Å². The van der Waals surface area contributed by atoms with Crippen molar-refractivity contribution in [3.63, 3.8) is 0 Å². The van der Waals surface area contributed by atoms with E-state index in [1.54, 1.807) is 13.3 Å². The van der Waals surface area contributed by atoms with Gasteiger partial charge in [0.15, 0.2) is 0 Å². The van der Waals surface area contributed by atoms with Crippen LogP contribution in [0.15, 0.2) is 6.20 Å². The molecule has 1 aromatic rings. The largest absolute Gasteiger partial charge is 0.382 e. The highest BCUT2D eigenvalue weighted by molar-refractivity contribution is 5.60. The maximum atomic E-state index is 5.68. The summed E-state index contributed by atoms with van der Waals surface area (Å²) in [6, 6.07) is 0.361. The Kier molecular flexibility index (Phi) is 2.58. The molecule has 2 rings (SSSR count). The molecule has 1 aromatic heterocycles. The summed E-state index contributed by atoms with van der Waals surface area (Å²) in [6.07, 6.45) is 5.45. The normalized spacial score (nSPS) is 26.6. The molecule has 0 saturated heterocycles. The van der Waals surface area contributed by atoms with Gasteiger partial charge >= 0.3 is 0 Å². The van der Waals surface area contributed by atoms with Gasteiger partial charge in [-0.15, -0.1) is 0 Å². The van der Waals surface area contributed by atoms with Crippen molar-refractivity contribution in [2.75, 3.05) is 18.2 Å². The Labute approximate surface area is 83.0 Å². The zero-order chi connectivity index (χ0) is 9.97. The highest BCUT2D eigenvalue weighted by atomic mass is 16.5. The lowest BCUT2D eigenvalue weighted by molar-refractivity contribution is 0.101. The molecule has 14 heavy (non-hydrogen) atoms. The van der Waals surface area contributed by atoms with Crippen LogP contribution in [0.5, 0.6) is 0 Å². The number of nitrogens with one attached hydrogen (secondary N) is 2. The molecule has 0 spiro atoms. The maximum absolute atomic E-state index is 5.68. The van der Waals surface area contributed by atoms with E-state index in [1.807, 2.05) is 0 Å². The molecule has 1 heterocycles. The molecule has 1 saturated carbocycles. The van der Waals surface area contributed by atoms with Crippen molar-refractivity contribution in [1.29, 1.82) is 0 Å². The van der Waals surface area contributed by atoms with Crippen LogP contribution in [0.2, 0.25) is 0 Å². The smallest absolute Gasteiger partial charge is 0.142 e. The summed E-state index contributed by atoms with van der Waals surface area (Å²) in [5.74, 6) is 0.590. The maximum Gasteiger partial charge on any atom is 0.142 e. The van der Waals surface area contributed by atoms with Crippen LogP contribution in [0.1, 0.15) is 19.3 Å². The van der Waals surface area contributed by atoms with E-state index in [-0.39, 0.29) is 0 Å². The number of nitrogens with two attached hydrogens (primary N) is 1. The summed E-state index contributed by atoms with van der Waals surface area (Å²) < 4.78 is 5.38. The molecule has 4 N–H and O–H groups in total. The third-order valence-electron chi connectivity index (χ3n) is 2.77. The SMILES string of the molecule is COC1CCCC1Nc1cn[nH]c1N. The number of methoxy groups -OCH3 is 1. The Bertz CT molecular complexity index is 299. The van der Waals surface area contributed by atoms with Crippen LogP contribution in [-0.4, -0.2) is 29.5 Å². The summed E-state index contributed by atoms with van der Waals surface area (Å²) >= 11 is 0. The van der Waals surface area contributed by atoms with Crippen LogP contribution in [0, 0.1) is 0 Å². The Hall–Kier alpha value is -1.23. The van der Waals surface area contributed by atoms with E-state index in [1.165, 1.54) is 6.42 Å². The Morgan fingerprint density at radius 3 is 3.14 bits per heavy atom. The molecule has 1 fully saturated rings. The molecule has 5 nitrogen and oxygen atoms in total. The van der Waals surface area contributed by atoms with Gasteiger partial charge in [-0.25, -0.2) is 0 Å². The molecule has 2 unspecified atom stereocenters. The highest BCUT2D eigenvalue weighted by Crippen LogP contribution is 2.26. The molecule has 0 bridgehead atoms. The number of nitrogens with zero attached hydrogens (tertiary/aromatic N) is 1. The molecule has 1 aliphatic rings. The van der Waals surface area contributed by atoms with Crippen LogP contribution < -0.4 is 11.1 Å². The van der Waals surface area contributed by atoms with Crippen molar-refractivity contribution in [1.82, 2.24) is 10.2 Å². The van der Waals surface area contributed by atoms with E-state index in [4.69, 9.17) is 10.5 Å². The number of H-pyrrole nitrogens is 1. The first-order chi connectivity index (χ1) is 6.81. The molecule has 0 radical (unpaired) electrons. The Morgan fingerprint density at radius 2 is 2.50 bits per heavy atom. The number of rotatable bonds is 3. The molecule has 0 aromatic carbocycles. The number of aromatic amines is 1. The topological polar surface area (TPSA) is 76.0 Å². The summed E-state index contributed by atoms with van der Waals surface area (Å²) in [5, 5.41) is 9.91. The number of hydrogen-bond donors (Lipinski definition) is 3. The van der Waals surface area contributed by atoms with Gasteiger partial charge in [-0.3, -0.25) is 5.10 Å². The summed E-state index contributed by atoms with van der Waals surface area (Å²) in [7, 11) is 1.75. The van der Waals surface area contributed by atoms with Crippen molar-refractivity contribution < 1.29 is 4.74 Å². The van der Waals surface area contributed by atoms with Gasteiger partial charge in [0.25, 0.3) is 0 Å². The predicted molar refractivity (Wildman–Crippen MR) is 55.1 cm³/mol. The molecule has 78 valence electrons. The number of anilines is 2. The van der Waals surface area contributed by atoms with Crippen LogP contribution in [-0.2, 0) is 4.74 Å². The van der Waals surface area contributed by atoms with E-state index in [0.717, 1.165) is 18.5 Å². The Balaban J connectivity index is 2.00. The first-order valence-corrected chi connectivity index (χ1v) is 4.89. The number of ether oxygens (including phenoxy) is 1. The van der Waals surface area contributed by atoms with E-state index in [9.17, 15) is 0 Å². The van der Waals surface area contributed by atoms with Crippen molar-refractivity contribution >= 4 is 11.5 Å². The number of aromatic nitrogens is 2. The van der Waals surface area contributed by atoms with Crippen molar-refractivity contribution in [2.45, 2.75) is 31.4 Å². The average Bonchev–Trinajstić information content (AvgIpc) is 2.77. The zero-order valence-corrected chi connectivity index (χ0v) is 8.29. The van der Waals surface area contributed by atoms with Gasteiger partial charge in [-0.1, -0.05) is 0 Å². The number of nitrogen functional groups attached to an aromatic ring is 1. The quantitative estimate of drug-likeness (QED) is 0.673. The minimum atomic E-state index is 0.296. The monoisotopic (exact) mass is 196 g/mol. The summed E-state index contributed by atoms with van der Waals surface area (Å²) in [4.78, 5) is 0. The minimum Gasteiger partial charge on any atom is -0.382 e. The van der Waals surface area contributed by atoms with Gasteiger partial charge in [-0.05, 0) is 19.3 Å². The first-order valence-electron chi connectivity index (χ1n) is 4.89. The molecule has 0 amide bonds. The highest BCUT2D eigenvalue weighted by Gasteiger charge is 2.27. The van der Waals surface area contributed by atoms with Crippen molar-refractivity contribution in [3.8, 4) is 0 Å². The van der Waals surface area contributed by atoms with E-state index >= 15 is 0 Å². The van der Waals surface area contributed by atoms with E-state index < -0.39 is 0 Å². The van der Waals surface area contributed by atoms with E-state index in [0.29, 0.717) is 18.0 Å². The molecule has 2 atom stereocenters. The second-order valence-corrected chi connectivity index (χ2v) is 3.65. The van der Waals surface area contributed by atoms with Crippen LogP contribution >= 0.6 is 0 Å². The average molecular weight is 196 g/mol. The molecule has 5 heteroatoms. The Morgan fingerprint density at radius 1 is 1.64 bits per heavy atom.